The molecule has 0 unspecified atom stereocenters. The van der Waals surface area contributed by atoms with E-state index in [0.29, 0.717) is 12.2 Å². The van der Waals surface area contributed by atoms with E-state index in [9.17, 15) is 14.9 Å². The molecule has 1 heterocycles. The molecule has 1 amide bonds. The van der Waals surface area contributed by atoms with Gasteiger partial charge in [0, 0.05) is 0 Å². The SMILES string of the molecule is COc1ccc(N2CCOC2=O)c(OC)c1OC[N+](=O)[O-]. The normalized spacial score (nSPS) is 13.8. The van der Waals surface area contributed by atoms with Crippen molar-refractivity contribution in [3.63, 3.8) is 0 Å². The minimum atomic E-state index is -0.749. The molecule has 2 rings (SSSR count). The third-order valence-electron chi connectivity index (χ3n) is 2.85. The Labute approximate surface area is 120 Å². The van der Waals surface area contributed by atoms with Crippen LogP contribution in [0.2, 0.25) is 0 Å². The highest BCUT2D eigenvalue weighted by atomic mass is 16.7. The Morgan fingerprint density at radius 2 is 2.10 bits per heavy atom. The van der Waals surface area contributed by atoms with E-state index >= 15 is 0 Å². The first-order chi connectivity index (χ1) is 10.1. The maximum absolute atomic E-state index is 11.6. The second-order valence-corrected chi connectivity index (χ2v) is 4.02. The van der Waals surface area contributed by atoms with Crippen LogP contribution in [0.4, 0.5) is 10.5 Å². The summed E-state index contributed by atoms with van der Waals surface area (Å²) in [5, 5.41) is 10.5. The third kappa shape index (κ3) is 2.91. The lowest BCUT2D eigenvalue weighted by molar-refractivity contribution is -0.514. The van der Waals surface area contributed by atoms with Crippen LogP contribution in [0.5, 0.6) is 17.2 Å². The molecule has 1 fully saturated rings. The van der Waals surface area contributed by atoms with Crippen molar-refractivity contribution in [2.45, 2.75) is 0 Å². The molecule has 114 valence electrons. The Balaban J connectivity index is 2.44. The van der Waals surface area contributed by atoms with E-state index in [1.165, 1.54) is 19.1 Å². The van der Waals surface area contributed by atoms with Crippen LogP contribution in [0.3, 0.4) is 0 Å². The van der Waals surface area contributed by atoms with Gasteiger partial charge in [0.25, 0.3) is 0 Å². The van der Waals surface area contributed by atoms with Gasteiger partial charge in [-0.15, -0.1) is 0 Å². The van der Waals surface area contributed by atoms with E-state index in [4.69, 9.17) is 18.9 Å². The van der Waals surface area contributed by atoms with E-state index in [2.05, 4.69) is 0 Å². The fourth-order valence-corrected chi connectivity index (χ4v) is 1.97. The zero-order valence-corrected chi connectivity index (χ0v) is 11.5. The quantitative estimate of drug-likeness (QED) is 0.443. The number of nitrogens with zero attached hydrogens (tertiary/aromatic N) is 2. The number of carbonyl (C=O) groups excluding carboxylic acids is 1. The fraction of sp³-hybridized carbons (Fsp3) is 0.417. The summed E-state index contributed by atoms with van der Waals surface area (Å²) in [5.41, 5.74) is 0.402. The maximum atomic E-state index is 11.6. The minimum absolute atomic E-state index is 0.0638. The van der Waals surface area contributed by atoms with Crippen LogP contribution in [0.15, 0.2) is 12.1 Å². The first-order valence-corrected chi connectivity index (χ1v) is 6.02. The van der Waals surface area contributed by atoms with Crippen LogP contribution in [0.1, 0.15) is 0 Å². The Morgan fingerprint density at radius 3 is 2.62 bits per heavy atom. The predicted octanol–water partition coefficient (Wildman–Crippen LogP) is 1.27. The Hall–Kier alpha value is -2.71. The number of hydrogen-bond acceptors (Lipinski definition) is 7. The Kier molecular flexibility index (Phi) is 4.31. The molecule has 1 aliphatic rings. The van der Waals surface area contributed by atoms with E-state index in [0.717, 1.165) is 0 Å². The van der Waals surface area contributed by atoms with Crippen molar-refractivity contribution in [1.29, 1.82) is 0 Å². The predicted molar refractivity (Wildman–Crippen MR) is 70.7 cm³/mol. The zero-order chi connectivity index (χ0) is 15.4. The number of amides is 1. The summed E-state index contributed by atoms with van der Waals surface area (Å²) in [7, 11) is 2.77. The molecule has 0 aliphatic carbocycles. The molecule has 1 aromatic rings. The van der Waals surface area contributed by atoms with Crippen LogP contribution < -0.4 is 19.1 Å². The molecule has 9 nitrogen and oxygen atoms in total. The minimum Gasteiger partial charge on any atom is -0.493 e. The molecule has 9 heteroatoms. The van der Waals surface area contributed by atoms with Gasteiger partial charge in [-0.25, -0.2) is 4.79 Å². The fourth-order valence-electron chi connectivity index (χ4n) is 1.97. The van der Waals surface area contributed by atoms with Crippen LogP contribution in [0, 0.1) is 10.1 Å². The molecule has 1 aliphatic heterocycles. The van der Waals surface area contributed by atoms with Crippen molar-refractivity contribution >= 4 is 11.8 Å². The summed E-state index contributed by atoms with van der Waals surface area (Å²) < 4.78 is 20.3. The number of anilines is 1. The highest BCUT2D eigenvalue weighted by molar-refractivity contribution is 5.92. The van der Waals surface area contributed by atoms with Gasteiger partial charge in [-0.1, -0.05) is 0 Å². The molecule has 1 aromatic carbocycles. The summed E-state index contributed by atoms with van der Waals surface area (Å²) in [5.74, 6) is 0.508. The smallest absolute Gasteiger partial charge is 0.414 e. The van der Waals surface area contributed by atoms with Gasteiger partial charge in [0.05, 0.1) is 31.4 Å². The average molecular weight is 298 g/mol. The van der Waals surface area contributed by atoms with E-state index in [1.807, 2.05) is 0 Å². The standard InChI is InChI=1S/C12H14N2O7/c1-18-9-4-3-8(13-5-6-20-12(13)15)10(19-2)11(9)21-7-14(16)17/h3-4H,5-7H2,1-2H3. The molecule has 0 N–H and O–H groups in total. The lowest BCUT2D eigenvalue weighted by Gasteiger charge is -2.20. The maximum Gasteiger partial charge on any atom is 0.414 e. The first-order valence-electron chi connectivity index (χ1n) is 6.02. The molecular weight excluding hydrogens is 284 g/mol. The van der Waals surface area contributed by atoms with Crippen molar-refractivity contribution in [3.8, 4) is 17.2 Å². The molecule has 1 saturated heterocycles. The molecular formula is C12H14N2O7. The number of ether oxygens (including phenoxy) is 4. The van der Waals surface area contributed by atoms with Gasteiger partial charge >= 0.3 is 12.8 Å². The van der Waals surface area contributed by atoms with E-state index < -0.39 is 17.7 Å². The number of cyclic esters (lactones) is 1. The van der Waals surface area contributed by atoms with Gasteiger partial charge in [-0.2, -0.15) is 0 Å². The summed E-state index contributed by atoms with van der Waals surface area (Å²) in [4.78, 5) is 22.9. The monoisotopic (exact) mass is 298 g/mol. The van der Waals surface area contributed by atoms with Crippen LogP contribution in [0.25, 0.3) is 0 Å². The largest absolute Gasteiger partial charge is 0.493 e. The van der Waals surface area contributed by atoms with Crippen LogP contribution >= 0.6 is 0 Å². The Bertz CT molecular complexity index is 561. The van der Waals surface area contributed by atoms with Gasteiger partial charge in [-0.05, 0) is 12.1 Å². The number of rotatable bonds is 6. The van der Waals surface area contributed by atoms with Gasteiger partial charge in [-0.3, -0.25) is 15.0 Å². The summed E-state index contributed by atoms with van der Waals surface area (Å²) in [6.07, 6.45) is -0.515. The second kappa shape index (κ2) is 6.16. The first kappa shape index (κ1) is 14.7. The van der Waals surface area contributed by atoms with Crippen molar-refractivity contribution < 1.29 is 28.7 Å². The molecule has 21 heavy (non-hydrogen) atoms. The lowest BCUT2D eigenvalue weighted by atomic mass is 10.2. The molecule has 0 atom stereocenters. The van der Waals surface area contributed by atoms with Crippen molar-refractivity contribution in [2.75, 3.05) is 39.0 Å². The van der Waals surface area contributed by atoms with Crippen LogP contribution in [-0.4, -0.2) is 45.1 Å². The third-order valence-corrected chi connectivity index (χ3v) is 2.85. The highest BCUT2D eigenvalue weighted by Crippen LogP contribution is 2.45. The number of carbonyl (C=O) groups is 1. The summed E-state index contributed by atoms with van der Waals surface area (Å²) in [6.45, 7) is -0.129. The van der Waals surface area contributed by atoms with Crippen molar-refractivity contribution in [2.24, 2.45) is 0 Å². The Morgan fingerprint density at radius 1 is 1.33 bits per heavy atom. The van der Waals surface area contributed by atoms with Gasteiger partial charge in [0.15, 0.2) is 11.5 Å². The molecule has 0 bridgehead atoms. The topological polar surface area (TPSA) is 100 Å². The number of hydrogen-bond donors (Lipinski definition) is 0. The zero-order valence-electron chi connectivity index (χ0n) is 11.5. The van der Waals surface area contributed by atoms with Gasteiger partial charge in [0.2, 0.25) is 5.75 Å². The molecule has 0 spiro atoms. The second-order valence-electron chi connectivity index (χ2n) is 4.02. The number of methoxy groups -OCH3 is 2. The van der Waals surface area contributed by atoms with E-state index in [1.54, 1.807) is 12.1 Å². The van der Waals surface area contributed by atoms with Crippen molar-refractivity contribution in [3.05, 3.63) is 22.2 Å². The summed E-state index contributed by atoms with van der Waals surface area (Å²) in [6, 6.07) is 3.14. The van der Waals surface area contributed by atoms with Gasteiger partial charge < -0.3 is 18.9 Å². The molecule has 0 aromatic heterocycles. The van der Waals surface area contributed by atoms with Crippen LogP contribution in [-0.2, 0) is 4.74 Å². The summed E-state index contributed by atoms with van der Waals surface area (Å²) >= 11 is 0. The lowest BCUT2D eigenvalue weighted by Crippen LogP contribution is -2.24. The van der Waals surface area contributed by atoms with Gasteiger partial charge in [0.1, 0.15) is 6.61 Å². The number of benzene rings is 1. The highest BCUT2D eigenvalue weighted by Gasteiger charge is 2.29. The average Bonchev–Trinajstić information content (AvgIpc) is 2.89. The molecule has 0 saturated carbocycles. The number of nitro groups is 1. The van der Waals surface area contributed by atoms with E-state index in [-0.39, 0.29) is 23.9 Å². The molecule has 0 radical (unpaired) electrons. The van der Waals surface area contributed by atoms with Crippen molar-refractivity contribution in [1.82, 2.24) is 0 Å².